The minimum absolute atomic E-state index is 0.374. The van der Waals surface area contributed by atoms with E-state index in [1.54, 1.807) is 4.31 Å². The average Bonchev–Trinajstić information content (AvgIpc) is 3.25. The molecule has 1 unspecified atom stereocenters. The van der Waals surface area contributed by atoms with Gasteiger partial charge in [0.15, 0.2) is 9.37 Å². The minimum atomic E-state index is -3.37. The zero-order valence-corrected chi connectivity index (χ0v) is 16.1. The molecule has 1 aliphatic heterocycles. The molecule has 2 aliphatic rings. The van der Waals surface area contributed by atoms with E-state index >= 15 is 0 Å². The molecule has 0 aromatic carbocycles. The van der Waals surface area contributed by atoms with E-state index in [-0.39, 0.29) is 0 Å². The van der Waals surface area contributed by atoms with Gasteiger partial charge < -0.3 is 4.57 Å². The van der Waals surface area contributed by atoms with Crippen molar-refractivity contribution in [1.82, 2.24) is 18.8 Å². The highest BCUT2D eigenvalue weighted by Gasteiger charge is 2.45. The Kier molecular flexibility index (Phi) is 4.22. The van der Waals surface area contributed by atoms with E-state index < -0.39 is 10.0 Å². The van der Waals surface area contributed by atoms with Gasteiger partial charge in [-0.3, -0.25) is 0 Å². The quantitative estimate of drug-likeness (QED) is 0.810. The van der Waals surface area contributed by atoms with Crippen LogP contribution in [0.1, 0.15) is 17.8 Å². The van der Waals surface area contributed by atoms with Crippen LogP contribution in [-0.2, 0) is 17.1 Å². The lowest BCUT2D eigenvalue weighted by Crippen LogP contribution is -2.29. The lowest BCUT2D eigenvalue weighted by atomic mass is 10.0. The fourth-order valence-corrected chi connectivity index (χ4v) is 7.85. The summed E-state index contributed by atoms with van der Waals surface area (Å²) in [6.07, 6.45) is 7.40. The third-order valence-corrected chi connectivity index (χ3v) is 9.42. The van der Waals surface area contributed by atoms with Crippen molar-refractivity contribution in [2.24, 2.45) is 18.9 Å². The number of nitrogens with zero attached hydrogens (tertiary/aromatic N) is 4. The van der Waals surface area contributed by atoms with Crippen molar-refractivity contribution >= 4 is 33.1 Å². The summed E-state index contributed by atoms with van der Waals surface area (Å²) >= 11 is 3.08. The van der Waals surface area contributed by atoms with Crippen molar-refractivity contribution in [2.45, 2.75) is 34.4 Å². The molecule has 24 heavy (non-hydrogen) atoms. The summed E-state index contributed by atoms with van der Waals surface area (Å²) in [5.41, 5.74) is 0. The summed E-state index contributed by atoms with van der Waals surface area (Å²) in [6.45, 7) is 3.12. The van der Waals surface area contributed by atoms with Crippen molar-refractivity contribution in [3.05, 3.63) is 23.6 Å². The number of thioether (sulfide) groups is 1. The predicted molar refractivity (Wildman–Crippen MR) is 94.7 cm³/mol. The Balaban J connectivity index is 1.42. The number of aryl methyl sites for hydroxylation is 2. The molecule has 1 saturated heterocycles. The largest absolute Gasteiger partial charge is 0.329 e. The van der Waals surface area contributed by atoms with Gasteiger partial charge in [-0.05, 0) is 31.6 Å². The van der Waals surface area contributed by atoms with Gasteiger partial charge in [0.05, 0.1) is 11.2 Å². The number of aromatic nitrogens is 3. The first-order chi connectivity index (χ1) is 11.4. The van der Waals surface area contributed by atoms with E-state index in [9.17, 15) is 8.42 Å². The molecular weight excluding hydrogens is 364 g/mol. The summed E-state index contributed by atoms with van der Waals surface area (Å²) in [5, 5.41) is 2.38. The molecule has 0 amide bonds. The van der Waals surface area contributed by atoms with Gasteiger partial charge in [0.25, 0.3) is 10.0 Å². The molecule has 3 heterocycles. The maximum Gasteiger partial charge on any atom is 0.254 e. The molecule has 0 spiro atoms. The predicted octanol–water partition coefficient (Wildman–Crippen LogP) is 2.38. The van der Waals surface area contributed by atoms with Crippen molar-refractivity contribution in [1.29, 1.82) is 0 Å². The Morgan fingerprint density at radius 3 is 2.50 bits per heavy atom. The summed E-state index contributed by atoms with van der Waals surface area (Å²) < 4.78 is 29.6. The first-order valence-corrected chi connectivity index (χ1v) is 11.1. The first-order valence-electron chi connectivity index (χ1n) is 8.00. The fourth-order valence-electron chi connectivity index (χ4n) is 3.70. The lowest BCUT2D eigenvalue weighted by Gasteiger charge is -2.17. The van der Waals surface area contributed by atoms with Crippen LogP contribution in [0.15, 0.2) is 28.0 Å². The Morgan fingerprint density at radius 2 is 1.96 bits per heavy atom. The van der Waals surface area contributed by atoms with E-state index in [0.29, 0.717) is 34.4 Å². The van der Waals surface area contributed by atoms with Gasteiger partial charge in [-0.25, -0.2) is 18.4 Å². The molecule has 6 nitrogen and oxygen atoms in total. The molecule has 3 atom stereocenters. The molecule has 9 heteroatoms. The first kappa shape index (κ1) is 16.6. The Labute approximate surface area is 150 Å². The number of imidazole rings is 1. The van der Waals surface area contributed by atoms with Crippen LogP contribution in [0.5, 0.6) is 0 Å². The molecule has 4 rings (SSSR count). The van der Waals surface area contributed by atoms with E-state index in [1.165, 1.54) is 17.5 Å². The highest BCUT2D eigenvalue weighted by atomic mass is 32.2. The number of hydrogen-bond acceptors (Lipinski definition) is 6. The molecule has 0 radical (unpaired) electrons. The van der Waals surface area contributed by atoms with Crippen LogP contribution >= 0.6 is 23.1 Å². The monoisotopic (exact) mass is 384 g/mol. The van der Waals surface area contributed by atoms with Gasteiger partial charge in [-0.15, -0.1) is 11.3 Å². The average molecular weight is 385 g/mol. The van der Waals surface area contributed by atoms with Crippen LogP contribution < -0.4 is 0 Å². The molecule has 0 N–H and O–H groups in total. The Hall–Kier alpha value is -0.900. The number of rotatable bonds is 4. The topological polar surface area (TPSA) is 68.1 Å². The van der Waals surface area contributed by atoms with Crippen LogP contribution in [-0.4, -0.2) is 45.6 Å². The summed E-state index contributed by atoms with van der Waals surface area (Å²) in [5.74, 6) is 0.929. The van der Waals surface area contributed by atoms with Crippen LogP contribution in [0.2, 0.25) is 0 Å². The van der Waals surface area contributed by atoms with Gasteiger partial charge in [0, 0.05) is 37.8 Å². The van der Waals surface area contributed by atoms with Gasteiger partial charge in [0.2, 0.25) is 0 Å². The smallest absolute Gasteiger partial charge is 0.254 e. The summed E-state index contributed by atoms with van der Waals surface area (Å²) in [7, 11) is -1.36. The molecule has 1 saturated carbocycles. The van der Waals surface area contributed by atoms with Crippen LogP contribution in [0, 0.1) is 18.8 Å². The Bertz CT molecular complexity index is 831. The van der Waals surface area contributed by atoms with Gasteiger partial charge in [-0.2, -0.15) is 4.31 Å². The maximum atomic E-state index is 12.7. The second-order valence-electron chi connectivity index (χ2n) is 6.57. The molecule has 2 aromatic rings. The molecule has 2 aromatic heterocycles. The molecule has 2 fully saturated rings. The maximum absolute atomic E-state index is 12.7. The zero-order chi connectivity index (χ0) is 16.9. The standard InChI is InChI=1S/C15H20N4O2S3/c1-10-17-7-14(22-10)24(20,21)19-8-11-5-13(6-12(11)9-19)23-15-16-3-4-18(15)2/h3-4,7,11-13H,5-6,8-9H2,1-2H3/t11-,12+,13?. The number of sulfonamides is 1. The molecule has 1 aliphatic carbocycles. The van der Waals surface area contributed by atoms with E-state index in [0.717, 1.165) is 23.0 Å². The number of hydrogen-bond donors (Lipinski definition) is 0. The molecule has 0 bridgehead atoms. The normalized spacial score (nSPS) is 27.7. The van der Waals surface area contributed by atoms with Crippen LogP contribution in [0.4, 0.5) is 0 Å². The van der Waals surface area contributed by atoms with E-state index in [2.05, 4.69) is 9.97 Å². The summed E-state index contributed by atoms with van der Waals surface area (Å²) in [4.78, 5) is 8.47. The highest BCUT2D eigenvalue weighted by molar-refractivity contribution is 7.99. The summed E-state index contributed by atoms with van der Waals surface area (Å²) in [6, 6.07) is 0. The third kappa shape index (κ3) is 2.91. The highest BCUT2D eigenvalue weighted by Crippen LogP contribution is 2.45. The lowest BCUT2D eigenvalue weighted by molar-refractivity contribution is 0.448. The van der Waals surface area contributed by atoms with Crippen molar-refractivity contribution in [3.8, 4) is 0 Å². The van der Waals surface area contributed by atoms with Crippen molar-refractivity contribution in [2.75, 3.05) is 13.1 Å². The SMILES string of the molecule is Cc1ncc(S(=O)(=O)N2C[C@H]3CC(Sc4nccn4C)C[C@H]3C2)s1. The second kappa shape index (κ2) is 6.12. The van der Waals surface area contributed by atoms with Gasteiger partial charge >= 0.3 is 0 Å². The van der Waals surface area contributed by atoms with E-state index in [4.69, 9.17) is 0 Å². The van der Waals surface area contributed by atoms with Crippen molar-refractivity contribution < 1.29 is 8.42 Å². The van der Waals surface area contributed by atoms with Gasteiger partial charge in [-0.1, -0.05) is 11.8 Å². The second-order valence-corrected chi connectivity index (χ2v) is 11.2. The number of thiazole rings is 1. The van der Waals surface area contributed by atoms with Crippen molar-refractivity contribution in [3.63, 3.8) is 0 Å². The zero-order valence-electron chi connectivity index (χ0n) is 13.6. The van der Waals surface area contributed by atoms with Crippen LogP contribution in [0.3, 0.4) is 0 Å². The fraction of sp³-hybridized carbons (Fsp3) is 0.600. The number of fused-ring (bicyclic) bond motifs is 1. The minimum Gasteiger partial charge on any atom is -0.329 e. The Morgan fingerprint density at radius 1 is 1.25 bits per heavy atom. The molecule has 130 valence electrons. The van der Waals surface area contributed by atoms with Gasteiger partial charge in [0.1, 0.15) is 0 Å². The molecular formula is C15H20N4O2S3. The third-order valence-electron chi connectivity index (χ3n) is 4.92. The van der Waals surface area contributed by atoms with Crippen LogP contribution in [0.25, 0.3) is 0 Å². The van der Waals surface area contributed by atoms with E-state index in [1.807, 2.05) is 42.7 Å².